The molecule has 3 fully saturated rings. The summed E-state index contributed by atoms with van der Waals surface area (Å²) in [4.78, 5) is 114. The average molecular weight is 1790 g/mol. The van der Waals surface area contributed by atoms with Gasteiger partial charge in [0.15, 0.2) is 34.2 Å². The quantitative estimate of drug-likeness (QED) is 0.0259. The van der Waals surface area contributed by atoms with E-state index in [1.54, 1.807) is 18.2 Å². The lowest BCUT2D eigenvalue weighted by atomic mass is 8.46. The standard InChI is InChI=1S/C46H40N2O14.C19H16INO7.C15H4.C8H10.B15/c47-43(59)35-29(51)17-23-13-21-15-25-19(9-11-27(49)33(25)37(53)31(21)39(55)45(23,61)41(35)57)7-5-3-1-2-4-6-8-20-10-12-28(50)34-26(20)16-22-14-24-18-30(52)36(44(48)60)42(58)46(24,62)40(56)32(22)38(34)54;20-9-1-2-10(22)13-8(9)4-6-3-7-5-11(23)14(18(21)27)17(26)19(7,28)16(25)12(6)15(13)24;1-3-5-7-9-11-13-15-14-12-10-8-6-4-2;1-3-5-7-8-6-4-2;1-9-13(8)15(12(6)7)14(10(2)3)11(4)5/h9-12,21-24,49-50,53-54,57-58,61-62H,1-4,13-18H2,(H2,47,59)(H2,48,60);1-2,6-7,22,24,26,28H,3-5H2,(H2,21,27);1-2H2;1-2H,5-8H2;/t21-,22-,23+,24+,45+,46+;6-,7+,19+;;;/m11.../s1. The van der Waals surface area contributed by atoms with Crippen molar-refractivity contribution >= 4 is 200 Å². The van der Waals surface area contributed by atoms with Crippen molar-refractivity contribution in [2.24, 2.45) is 52.7 Å². The van der Waals surface area contributed by atoms with Crippen LogP contribution in [0.2, 0.25) is 0 Å². The fourth-order valence-corrected chi connectivity index (χ4v) is 18.0. The average Bonchev–Trinajstić information content (AvgIpc) is 0.718. The number of rotatable bonds is 15. The van der Waals surface area contributed by atoms with E-state index in [2.05, 4.69) is 146 Å². The molecule has 3 aromatic carbocycles. The van der Waals surface area contributed by atoms with Crippen LogP contribution in [0, 0.1) is 87.4 Å². The second-order valence-electron chi connectivity index (χ2n) is 30.9. The molecular formula is C88H70B15IN3O21. The first-order chi connectivity index (χ1) is 60.6. The van der Waals surface area contributed by atoms with Crippen molar-refractivity contribution in [2.45, 2.75) is 126 Å². The fourth-order valence-electron chi connectivity index (χ4n) is 17.3. The third-order valence-electron chi connectivity index (χ3n) is 23.2. The van der Waals surface area contributed by atoms with Crippen LogP contribution in [0.1, 0.15) is 134 Å². The van der Waals surface area contributed by atoms with Crippen LogP contribution in [-0.4, -0.2) is 238 Å². The maximum absolute atomic E-state index is 13.7. The highest BCUT2D eigenvalue weighted by Crippen LogP contribution is 2.56. The van der Waals surface area contributed by atoms with Crippen LogP contribution >= 0.6 is 22.6 Å². The molecule has 18 N–H and O–H groups in total. The molecule has 0 aromatic heterocycles. The SMILES string of the molecule is C#CCCCCC#C.C=C=C=C=C=C=C=C=C=C=C=C=C=C=C.NC(=O)C1=C(O)[C@@]2(O)C(=O)C3=C(O)c4c(O)ccc(C#CCCCCC#Cc5ccc(O)c6c5C[C@H]5C[C@H]7CC(=O)C(C(N)=O)=C(O)[C@@]7(O)C(=O)C5=C6O)c4C[C@H]3C[C@H]2CC1=O.NC(=O)C1=C(O)[C@@]2(O)C(=O)C3=C(O)c4c(O)ccc(I)c4C[C@H]3C[C@H]2CC1=O.[B][B]B([B])B(B([B])[B])B(B([B])[B])B([B])[B]. The fraction of sp³-hybridized carbons (Fsp3) is 0.295. The number of aliphatic hydroxyl groups is 9. The van der Waals surface area contributed by atoms with Crippen molar-refractivity contribution in [1.82, 2.24) is 0 Å². The summed E-state index contributed by atoms with van der Waals surface area (Å²) in [5, 5.41) is 131. The van der Waals surface area contributed by atoms with Gasteiger partial charge in [0.1, 0.15) is 68.5 Å². The van der Waals surface area contributed by atoms with Gasteiger partial charge in [-0.05, 0) is 234 Å². The Kier molecular flexibility index (Phi) is 34.5. The first-order valence-corrected chi connectivity index (χ1v) is 40.8. The van der Waals surface area contributed by atoms with Gasteiger partial charge in [0.05, 0.1) is 16.7 Å². The predicted octanol–water partition coefficient (Wildman–Crippen LogP) is 2.07. The predicted molar refractivity (Wildman–Crippen MR) is 498 cm³/mol. The van der Waals surface area contributed by atoms with Crippen LogP contribution in [0.15, 0.2) is 175 Å². The lowest BCUT2D eigenvalue weighted by Gasteiger charge is -2.46. The minimum atomic E-state index is -2.66. The molecule has 0 aliphatic heterocycles. The number of Topliss-reactive ketones (excluding diaryl/α,β-unsaturated/α-hetero) is 6. The van der Waals surface area contributed by atoms with Gasteiger partial charge in [-0.1, -0.05) is 35.1 Å². The number of phenolic OH excluding ortho intramolecular Hbond substituents is 3. The van der Waals surface area contributed by atoms with Gasteiger partial charge in [-0.15, -0.1) is 24.7 Å². The minimum absolute atomic E-state index is 0.00482. The lowest BCUT2D eigenvalue weighted by molar-refractivity contribution is -0.149. The Hall–Kier alpha value is -12.6. The molecule has 12 rings (SSSR count). The number of aliphatic hydroxyl groups excluding tert-OH is 6. The molecule has 17 radical (unpaired) electrons. The highest BCUT2D eigenvalue weighted by atomic mass is 127. The Morgan fingerprint density at radius 3 is 1.00 bits per heavy atom. The molecule has 3 aromatic rings. The van der Waals surface area contributed by atoms with E-state index in [0.717, 1.165) is 29.3 Å². The number of halogens is 1. The van der Waals surface area contributed by atoms with Gasteiger partial charge in [0, 0.05) is 201 Å². The van der Waals surface area contributed by atoms with Crippen LogP contribution in [0.3, 0.4) is 0 Å². The number of terminal acetylenes is 2. The zero-order valence-corrected chi connectivity index (χ0v) is 71.0. The van der Waals surface area contributed by atoms with Crippen LogP contribution in [-0.2, 0) is 62.4 Å². The number of aromatic hydroxyl groups is 3. The smallest absolute Gasteiger partial charge is 0.255 e. The number of ketones is 6. The van der Waals surface area contributed by atoms with Gasteiger partial charge in [-0.25, -0.2) is 0 Å². The van der Waals surface area contributed by atoms with Crippen molar-refractivity contribution in [3.8, 4) is 65.6 Å². The summed E-state index contributed by atoms with van der Waals surface area (Å²) in [6, 6.07) is 8.86. The number of amides is 3. The van der Waals surface area contributed by atoms with Crippen molar-refractivity contribution in [1.29, 1.82) is 0 Å². The van der Waals surface area contributed by atoms with E-state index in [0.29, 0.717) is 59.9 Å². The summed E-state index contributed by atoms with van der Waals surface area (Å²) in [6.07, 6.45) is 11.7. The molecule has 40 heteroatoms. The molecule has 0 heterocycles. The molecule has 9 aliphatic rings. The Bertz CT molecular complexity index is 5940. The van der Waals surface area contributed by atoms with Crippen LogP contribution in [0.4, 0.5) is 0 Å². The molecule has 9 aliphatic carbocycles. The number of hydrogen-bond acceptors (Lipinski definition) is 21. The summed E-state index contributed by atoms with van der Waals surface area (Å²) in [6.45, 7) is 6.58. The minimum Gasteiger partial charge on any atom is -0.508 e. The summed E-state index contributed by atoms with van der Waals surface area (Å²) in [5.74, 6) is -2.83. The van der Waals surface area contributed by atoms with Crippen molar-refractivity contribution in [3.63, 3.8) is 0 Å². The second-order valence-corrected chi connectivity index (χ2v) is 32.1. The van der Waals surface area contributed by atoms with Gasteiger partial charge in [-0.3, -0.25) is 43.2 Å². The number of fused-ring (bicyclic) bond motifs is 9. The molecule has 0 saturated heterocycles. The molecule has 3 amide bonds. The number of carbonyl (C=O) groups excluding carboxylic acids is 9. The zero-order chi connectivity index (χ0) is 94.9. The van der Waals surface area contributed by atoms with E-state index in [-0.39, 0.29) is 89.2 Å². The molecule has 9 atom stereocenters. The molecule has 0 unspecified atom stereocenters. The molecule has 3 saturated carbocycles. The Morgan fingerprint density at radius 2 is 0.719 bits per heavy atom. The number of phenols is 3. The van der Waals surface area contributed by atoms with Gasteiger partial charge in [0.25, 0.3) is 17.7 Å². The normalized spacial score (nSPS) is 21.6. The molecule has 0 bridgehead atoms. The van der Waals surface area contributed by atoms with Gasteiger partial charge in [-0.2, -0.15) is 0 Å². The summed E-state index contributed by atoms with van der Waals surface area (Å²) in [5.41, 5.74) is 39.2. The topological polar surface area (TPSA) is 474 Å². The molecule has 615 valence electrons. The van der Waals surface area contributed by atoms with E-state index in [9.17, 15) is 104 Å². The highest BCUT2D eigenvalue weighted by Gasteiger charge is 2.64. The number of primary amides is 3. The summed E-state index contributed by atoms with van der Waals surface area (Å²) in [7, 11) is 45.8. The lowest BCUT2D eigenvalue weighted by Crippen LogP contribution is -2.73. The number of carbonyl (C=O) groups is 9. The largest absolute Gasteiger partial charge is 0.508 e. The van der Waals surface area contributed by atoms with Crippen LogP contribution in [0.25, 0.3) is 17.3 Å². The van der Waals surface area contributed by atoms with E-state index in [1.807, 2.05) is 0 Å². The number of benzene rings is 3. The van der Waals surface area contributed by atoms with Crippen molar-refractivity contribution in [2.75, 3.05) is 0 Å². The molecule has 24 nitrogen and oxygen atoms in total. The van der Waals surface area contributed by atoms with Crippen molar-refractivity contribution < 1.29 is 104 Å². The Morgan fingerprint density at radius 1 is 0.438 bits per heavy atom. The zero-order valence-electron chi connectivity index (χ0n) is 68.8. The number of hydrogen-bond donors (Lipinski definition) is 15. The number of nitrogens with two attached hydrogens (primary N) is 3. The highest BCUT2D eigenvalue weighted by molar-refractivity contribution is 14.1. The molecule has 128 heavy (non-hydrogen) atoms. The first-order valence-electron chi connectivity index (χ1n) is 39.7. The van der Waals surface area contributed by atoms with Gasteiger partial charge >= 0.3 is 0 Å². The van der Waals surface area contributed by atoms with Gasteiger partial charge < -0.3 is 78.5 Å². The summed E-state index contributed by atoms with van der Waals surface area (Å²) >= 11 is 2.06. The maximum Gasteiger partial charge on any atom is 0.255 e. The van der Waals surface area contributed by atoms with Crippen LogP contribution < -0.4 is 17.2 Å². The molecule has 0 spiro atoms. The van der Waals surface area contributed by atoms with E-state index < -0.39 is 207 Å². The van der Waals surface area contributed by atoms with E-state index in [1.165, 1.54) is 25.3 Å². The summed E-state index contributed by atoms with van der Waals surface area (Å²) < 4.78 is 0.794. The van der Waals surface area contributed by atoms with Crippen molar-refractivity contribution in [3.05, 3.63) is 223 Å². The first kappa shape index (κ1) is 101. The third-order valence-corrected chi connectivity index (χ3v) is 24.2. The van der Waals surface area contributed by atoms with Gasteiger partial charge in [0.2, 0.25) is 17.3 Å². The van der Waals surface area contributed by atoms with E-state index >= 15 is 0 Å². The number of unbranched alkanes of at least 4 members (excludes halogenated alkanes) is 6. The maximum atomic E-state index is 13.7. The molecular weight excluding hydrogens is 1720 g/mol. The Balaban J connectivity index is 0.000000249. The second kappa shape index (κ2) is 43.8. The Labute approximate surface area is 765 Å². The van der Waals surface area contributed by atoms with E-state index in [4.69, 9.17) is 91.9 Å². The van der Waals surface area contributed by atoms with Crippen LogP contribution in [0.5, 0.6) is 17.2 Å². The third kappa shape index (κ3) is 20.8. The monoisotopic (exact) mass is 1800 g/mol.